The number of rotatable bonds is 5. The Morgan fingerprint density at radius 2 is 1.89 bits per heavy atom. The Morgan fingerprint density at radius 1 is 1.26 bits per heavy atom. The quantitative estimate of drug-likeness (QED) is 0.742. The summed E-state index contributed by atoms with van der Waals surface area (Å²) in [6, 6.07) is 6.26. The second-order valence-corrected chi connectivity index (χ2v) is 8.09. The molecule has 1 rings (SSSR count). The molecule has 0 saturated heterocycles. The highest BCUT2D eigenvalue weighted by molar-refractivity contribution is 7.92. The molecule has 106 valence electrons. The predicted molar refractivity (Wildman–Crippen MR) is 75.3 cm³/mol. The highest BCUT2D eigenvalue weighted by Crippen LogP contribution is 2.16. The molecule has 0 atom stereocenters. The van der Waals surface area contributed by atoms with Gasteiger partial charge in [0, 0.05) is 0 Å². The van der Waals surface area contributed by atoms with Crippen LogP contribution in [0.2, 0.25) is 0 Å². The Labute approximate surface area is 114 Å². The molecule has 0 radical (unpaired) electrons. The third kappa shape index (κ3) is 4.52. The third-order valence-electron chi connectivity index (χ3n) is 2.71. The highest BCUT2D eigenvalue weighted by Gasteiger charge is 2.28. The fourth-order valence-corrected chi connectivity index (χ4v) is 2.26. The van der Waals surface area contributed by atoms with Gasteiger partial charge < -0.3 is 14.8 Å². The van der Waals surface area contributed by atoms with E-state index in [0.29, 0.717) is 11.2 Å². The molecular weight excluding hydrogens is 267 g/mol. The first-order valence-corrected chi connectivity index (χ1v) is 7.60. The van der Waals surface area contributed by atoms with E-state index in [1.54, 1.807) is 39.0 Å². The van der Waals surface area contributed by atoms with Gasteiger partial charge in [0.2, 0.25) is 0 Å². The predicted octanol–water partition coefficient (Wildman–Crippen LogP) is -0.0415. The average Bonchev–Trinajstić information content (AvgIpc) is 2.27. The summed E-state index contributed by atoms with van der Waals surface area (Å²) in [6.07, 6.45) is 0. The Balaban J connectivity index is 2.62. The highest BCUT2D eigenvalue weighted by atomic mass is 32.2. The van der Waals surface area contributed by atoms with Gasteiger partial charge >= 0.3 is 7.12 Å². The van der Waals surface area contributed by atoms with Gasteiger partial charge in [-0.05, 0) is 38.4 Å². The van der Waals surface area contributed by atoms with Crippen LogP contribution < -0.4 is 10.2 Å². The molecule has 0 spiro atoms. The van der Waals surface area contributed by atoms with Crippen LogP contribution in [-0.2, 0) is 9.84 Å². The lowest BCUT2D eigenvalue weighted by molar-refractivity contribution is 0.339. The minimum atomic E-state index is -3.22. The summed E-state index contributed by atoms with van der Waals surface area (Å²) in [5.41, 5.74) is 0.302. The molecule has 0 heterocycles. The third-order valence-corrected chi connectivity index (χ3v) is 5.28. The van der Waals surface area contributed by atoms with Crippen molar-refractivity contribution in [1.29, 1.82) is 0 Å². The molecule has 0 amide bonds. The maximum absolute atomic E-state index is 11.9. The molecule has 2 N–H and O–H groups in total. The fourth-order valence-electron chi connectivity index (χ4n) is 1.34. The molecule has 0 aliphatic carbocycles. The van der Waals surface area contributed by atoms with Gasteiger partial charge in [0.1, 0.15) is 12.4 Å². The molecule has 0 bridgehead atoms. The normalized spacial score (nSPS) is 12.3. The standard InChI is InChI=1S/C12H19BO5S/c1-12(2,3)19(16,17)8-7-18-11-6-4-5-10(9-11)13(14)15/h4-6,9,14-15H,7-8H2,1-3H3. The summed E-state index contributed by atoms with van der Waals surface area (Å²) < 4.78 is 28.2. The molecule has 5 nitrogen and oxygen atoms in total. The van der Waals surface area contributed by atoms with Crippen molar-refractivity contribution in [3.05, 3.63) is 24.3 Å². The lowest BCUT2D eigenvalue weighted by Gasteiger charge is -2.19. The number of benzene rings is 1. The van der Waals surface area contributed by atoms with Gasteiger partial charge in [0.25, 0.3) is 0 Å². The molecule has 0 aliphatic heterocycles. The smallest absolute Gasteiger partial charge is 0.488 e. The summed E-state index contributed by atoms with van der Waals surface area (Å²) >= 11 is 0. The molecule has 19 heavy (non-hydrogen) atoms. The van der Waals surface area contributed by atoms with E-state index in [1.807, 2.05) is 0 Å². The molecule has 0 fully saturated rings. The summed E-state index contributed by atoms with van der Waals surface area (Å²) in [7, 11) is -4.79. The lowest BCUT2D eigenvalue weighted by Crippen LogP contribution is -2.32. The topological polar surface area (TPSA) is 83.8 Å². The van der Waals surface area contributed by atoms with Crippen LogP contribution in [0.1, 0.15) is 20.8 Å². The zero-order valence-corrected chi connectivity index (χ0v) is 12.1. The molecule has 0 aromatic heterocycles. The summed E-state index contributed by atoms with van der Waals surface area (Å²) in [5, 5.41) is 18.0. The van der Waals surface area contributed by atoms with Gasteiger partial charge in [-0.2, -0.15) is 0 Å². The molecule has 1 aromatic rings. The lowest BCUT2D eigenvalue weighted by atomic mass is 9.80. The number of ether oxygens (including phenoxy) is 1. The Morgan fingerprint density at radius 3 is 2.42 bits per heavy atom. The van der Waals surface area contributed by atoms with Crippen molar-refractivity contribution in [2.24, 2.45) is 0 Å². The van der Waals surface area contributed by atoms with Gasteiger partial charge in [-0.25, -0.2) is 8.42 Å². The van der Waals surface area contributed by atoms with E-state index in [1.165, 1.54) is 6.07 Å². The second kappa shape index (κ2) is 5.94. The summed E-state index contributed by atoms with van der Waals surface area (Å²) in [6.45, 7) is 4.96. The van der Waals surface area contributed by atoms with E-state index in [2.05, 4.69) is 0 Å². The van der Waals surface area contributed by atoms with Crippen molar-refractivity contribution in [3.63, 3.8) is 0 Å². The zero-order chi connectivity index (χ0) is 14.7. The van der Waals surface area contributed by atoms with Crippen LogP contribution in [-0.4, -0.2) is 42.7 Å². The van der Waals surface area contributed by atoms with E-state index in [9.17, 15) is 8.42 Å². The van der Waals surface area contributed by atoms with Crippen molar-refractivity contribution in [1.82, 2.24) is 0 Å². The summed E-state index contributed by atoms with van der Waals surface area (Å²) in [5.74, 6) is 0.331. The molecule has 0 unspecified atom stereocenters. The monoisotopic (exact) mass is 286 g/mol. The first kappa shape index (κ1) is 16.0. The largest absolute Gasteiger partial charge is 0.493 e. The SMILES string of the molecule is CC(C)(C)S(=O)(=O)CCOc1cccc(B(O)O)c1. The maximum Gasteiger partial charge on any atom is 0.488 e. The minimum Gasteiger partial charge on any atom is -0.493 e. The Bertz CT molecular complexity index is 519. The molecule has 7 heteroatoms. The molecule has 0 aliphatic rings. The van der Waals surface area contributed by atoms with E-state index in [0.717, 1.165) is 0 Å². The Hall–Kier alpha value is -1.05. The van der Waals surface area contributed by atoms with E-state index < -0.39 is 21.7 Å². The van der Waals surface area contributed by atoms with Crippen molar-refractivity contribution in [2.45, 2.75) is 25.5 Å². The van der Waals surface area contributed by atoms with Crippen LogP contribution in [0.5, 0.6) is 5.75 Å². The van der Waals surface area contributed by atoms with E-state index in [-0.39, 0.29) is 12.4 Å². The zero-order valence-electron chi connectivity index (χ0n) is 11.3. The number of hydrogen-bond donors (Lipinski definition) is 2. The van der Waals surface area contributed by atoms with E-state index >= 15 is 0 Å². The van der Waals surface area contributed by atoms with Crippen LogP contribution in [0.3, 0.4) is 0 Å². The molecule has 0 saturated carbocycles. The van der Waals surface area contributed by atoms with E-state index in [4.69, 9.17) is 14.8 Å². The Kier molecular flexibility index (Phi) is 5.01. The van der Waals surface area contributed by atoms with Gasteiger partial charge in [0.05, 0.1) is 10.5 Å². The first-order valence-electron chi connectivity index (χ1n) is 5.95. The van der Waals surface area contributed by atoms with Crippen LogP contribution in [0.4, 0.5) is 0 Å². The van der Waals surface area contributed by atoms with Crippen LogP contribution in [0, 0.1) is 0 Å². The second-order valence-electron chi connectivity index (χ2n) is 5.23. The van der Waals surface area contributed by atoms with Gasteiger partial charge in [-0.3, -0.25) is 0 Å². The van der Waals surface area contributed by atoms with Crippen molar-refractivity contribution in [3.8, 4) is 5.75 Å². The molecule has 1 aromatic carbocycles. The average molecular weight is 286 g/mol. The van der Waals surface area contributed by atoms with Crippen LogP contribution >= 0.6 is 0 Å². The van der Waals surface area contributed by atoms with Crippen molar-refractivity contribution in [2.75, 3.05) is 12.4 Å². The van der Waals surface area contributed by atoms with Crippen LogP contribution in [0.25, 0.3) is 0 Å². The van der Waals surface area contributed by atoms with Gasteiger partial charge in [-0.15, -0.1) is 0 Å². The minimum absolute atomic E-state index is 0.0323. The number of sulfone groups is 1. The fraction of sp³-hybridized carbons (Fsp3) is 0.500. The van der Waals surface area contributed by atoms with Gasteiger partial charge in [0.15, 0.2) is 9.84 Å². The number of hydrogen-bond acceptors (Lipinski definition) is 5. The van der Waals surface area contributed by atoms with Crippen LogP contribution in [0.15, 0.2) is 24.3 Å². The summed E-state index contributed by atoms with van der Waals surface area (Å²) in [4.78, 5) is 0. The first-order chi connectivity index (χ1) is 8.63. The van der Waals surface area contributed by atoms with Crippen molar-refractivity contribution >= 4 is 22.4 Å². The molecular formula is C12H19BO5S. The maximum atomic E-state index is 11.9. The van der Waals surface area contributed by atoms with Gasteiger partial charge in [-0.1, -0.05) is 12.1 Å². The van der Waals surface area contributed by atoms with Crippen molar-refractivity contribution < 1.29 is 23.2 Å².